The van der Waals surface area contributed by atoms with Gasteiger partial charge in [-0.05, 0) is 61.9 Å². The van der Waals surface area contributed by atoms with Crippen molar-refractivity contribution in [2.75, 3.05) is 30.4 Å². The molecule has 0 amide bonds. The van der Waals surface area contributed by atoms with Crippen LogP contribution in [0.5, 0.6) is 5.75 Å². The maximum absolute atomic E-state index is 14.3. The quantitative estimate of drug-likeness (QED) is 0.193. The highest BCUT2D eigenvalue weighted by Gasteiger charge is 2.26. The predicted molar refractivity (Wildman–Crippen MR) is 182 cm³/mol. The monoisotopic (exact) mass is 665 g/mol. The molecule has 0 bridgehead atoms. The molecule has 1 aliphatic heterocycles. The molecule has 0 saturated carbocycles. The van der Waals surface area contributed by atoms with E-state index in [9.17, 15) is 9.35 Å². The topological polar surface area (TPSA) is 146 Å². The van der Waals surface area contributed by atoms with Crippen molar-refractivity contribution in [1.82, 2.24) is 34.8 Å². The molecule has 0 aliphatic carbocycles. The highest BCUT2D eigenvalue weighted by Crippen LogP contribution is 2.27. The molecule has 14 heteroatoms. The number of benzene rings is 2. The second kappa shape index (κ2) is 13.8. The van der Waals surface area contributed by atoms with E-state index in [-0.39, 0.29) is 23.2 Å². The van der Waals surface area contributed by atoms with Crippen molar-refractivity contribution in [2.24, 2.45) is 0 Å². The summed E-state index contributed by atoms with van der Waals surface area (Å²) >= 11 is -0.403. The lowest BCUT2D eigenvalue weighted by atomic mass is 10.1. The number of para-hydroxylation sites is 1. The van der Waals surface area contributed by atoms with Crippen LogP contribution < -0.4 is 25.8 Å². The molecule has 2 atom stereocenters. The first kappa shape index (κ1) is 30.7. The van der Waals surface area contributed by atoms with Crippen molar-refractivity contribution in [3.63, 3.8) is 0 Å². The normalized spacial score (nSPS) is 15.3. The van der Waals surface area contributed by atoms with Gasteiger partial charge in [0.15, 0.2) is 0 Å². The van der Waals surface area contributed by atoms with Gasteiger partial charge >= 0.3 is 4.34 Å². The van der Waals surface area contributed by atoms with Gasteiger partial charge in [0.2, 0.25) is 5.95 Å². The fourth-order valence-electron chi connectivity index (χ4n) is 5.39. The zero-order valence-corrected chi connectivity index (χ0v) is 27.1. The molecule has 0 spiro atoms. The number of aromatic nitrogens is 6. The van der Waals surface area contributed by atoms with E-state index in [1.165, 1.54) is 28.3 Å². The Hall–Kier alpha value is -4.89. The van der Waals surface area contributed by atoms with E-state index in [1.807, 2.05) is 66.5 Å². The number of pyridine rings is 1. The van der Waals surface area contributed by atoms with Crippen LogP contribution in [-0.2, 0) is 17.7 Å². The number of thiazole rings is 1. The van der Waals surface area contributed by atoms with Crippen LogP contribution in [0.4, 0.5) is 23.0 Å². The molecule has 2 unspecified atom stereocenters. The van der Waals surface area contributed by atoms with Gasteiger partial charge in [-0.15, -0.1) is 0 Å². The van der Waals surface area contributed by atoms with Crippen molar-refractivity contribution in [2.45, 2.75) is 34.9 Å². The Morgan fingerprint density at radius 1 is 1.09 bits per heavy atom. The molecule has 7 rings (SSSR count). The number of hydrogen-bond acceptors (Lipinski definition) is 12. The van der Waals surface area contributed by atoms with Crippen molar-refractivity contribution in [3.8, 4) is 5.75 Å². The number of rotatable bonds is 10. The Labute approximate surface area is 277 Å². The number of ether oxygens (including phenoxy) is 1. The number of piperidine rings is 1. The first-order valence-corrected chi connectivity index (χ1v) is 17.1. The summed E-state index contributed by atoms with van der Waals surface area (Å²) in [5.41, 5.74) is 2.49. The summed E-state index contributed by atoms with van der Waals surface area (Å²) < 4.78 is 21.5. The highest BCUT2D eigenvalue weighted by molar-refractivity contribution is 7.93. The lowest BCUT2D eigenvalue weighted by molar-refractivity contribution is 0.167. The average molecular weight is 666 g/mol. The fraction of sp³-hybridized carbons (Fsp3) is 0.212. The number of fused-ring (bicyclic) bond motifs is 1. The summed E-state index contributed by atoms with van der Waals surface area (Å²) in [5, 5.41) is 9.25. The zero-order valence-electron chi connectivity index (χ0n) is 25.4. The lowest BCUT2D eigenvalue weighted by Gasteiger charge is -2.24. The Bertz CT molecular complexity index is 2020. The summed E-state index contributed by atoms with van der Waals surface area (Å²) in [4.78, 5) is 38.5. The van der Waals surface area contributed by atoms with Crippen molar-refractivity contribution >= 4 is 56.6 Å². The third kappa shape index (κ3) is 6.81. The fourth-order valence-corrected chi connectivity index (χ4v) is 7.31. The van der Waals surface area contributed by atoms with Crippen LogP contribution in [0.1, 0.15) is 18.5 Å². The van der Waals surface area contributed by atoms with Gasteiger partial charge in [0.1, 0.15) is 28.9 Å². The van der Waals surface area contributed by atoms with Crippen LogP contribution >= 0.6 is 11.3 Å². The standard InChI is InChI=1S/C33H31N9O3S2/c1-41(24-6-3-2-4-7-24)28-18-22-19-38-32(39-23-9-11-25(12-10-23)45-26-8-5-13-34-20-26)40-29(22)42(31(28)43)21-27-30(36-15-14-35-27)47(44)33-37-16-17-46-33/h2-4,6-7,9-12,14-19,26,34H,5,8,13,20-21H2,1H3,(H,38,39,40). The molecule has 47 heavy (non-hydrogen) atoms. The average Bonchev–Trinajstić information content (AvgIpc) is 3.66. The molecule has 2 aromatic carbocycles. The minimum Gasteiger partial charge on any atom is -0.603 e. The third-order valence-corrected chi connectivity index (χ3v) is 10.2. The van der Waals surface area contributed by atoms with E-state index in [0.717, 1.165) is 43.1 Å². The number of nitrogens with one attached hydrogen (secondary N) is 2. The van der Waals surface area contributed by atoms with Gasteiger partial charge in [-0.3, -0.25) is 14.3 Å². The predicted octanol–water partition coefficient (Wildman–Crippen LogP) is 4.90. The Kier molecular flexibility index (Phi) is 9.06. The van der Waals surface area contributed by atoms with E-state index in [2.05, 4.69) is 30.6 Å². The van der Waals surface area contributed by atoms with Crippen LogP contribution in [0, 0.1) is 0 Å². The van der Waals surface area contributed by atoms with Gasteiger partial charge in [-0.25, -0.2) is 9.97 Å². The zero-order chi connectivity index (χ0) is 32.2. The Balaban J connectivity index is 1.25. The molecule has 238 valence electrons. The SMILES string of the molecule is CN(c1ccccc1)c1cc2cnc(Nc3ccc(OC4CCCNC4)cc3)nc2n(Cc2nccnc2[S+]([O-])c2nccs2)c1=O. The third-order valence-electron chi connectivity index (χ3n) is 7.77. The van der Waals surface area contributed by atoms with E-state index < -0.39 is 11.2 Å². The molecule has 1 aliphatic rings. The maximum Gasteiger partial charge on any atom is 0.308 e. The molecule has 5 heterocycles. The molecule has 1 fully saturated rings. The second-order valence-electron chi connectivity index (χ2n) is 10.9. The van der Waals surface area contributed by atoms with Crippen LogP contribution in [0.15, 0.2) is 105 Å². The molecule has 0 radical (unpaired) electrons. The van der Waals surface area contributed by atoms with Crippen molar-refractivity contribution in [3.05, 3.63) is 107 Å². The maximum atomic E-state index is 14.3. The van der Waals surface area contributed by atoms with Crippen LogP contribution in [-0.4, -0.2) is 60.3 Å². The first-order valence-electron chi connectivity index (χ1n) is 15.1. The molecular formula is C33H31N9O3S2. The summed E-state index contributed by atoms with van der Waals surface area (Å²) in [7, 11) is 1.84. The Morgan fingerprint density at radius 3 is 2.68 bits per heavy atom. The number of nitrogens with zero attached hydrogens (tertiary/aromatic N) is 7. The van der Waals surface area contributed by atoms with Gasteiger partial charge in [0, 0.05) is 54.3 Å². The van der Waals surface area contributed by atoms with E-state index in [4.69, 9.17) is 9.72 Å². The van der Waals surface area contributed by atoms with Gasteiger partial charge in [0.05, 0.1) is 23.9 Å². The minimum atomic E-state index is -1.67. The number of hydrogen-bond donors (Lipinski definition) is 2. The summed E-state index contributed by atoms with van der Waals surface area (Å²) in [6.07, 6.45) is 8.56. The summed E-state index contributed by atoms with van der Waals surface area (Å²) in [6.45, 7) is 1.84. The molecule has 2 N–H and O–H groups in total. The van der Waals surface area contributed by atoms with Crippen molar-refractivity contribution < 1.29 is 9.29 Å². The first-order chi connectivity index (χ1) is 23.0. The number of anilines is 4. The van der Waals surface area contributed by atoms with Gasteiger partial charge in [0.25, 0.3) is 10.6 Å². The smallest absolute Gasteiger partial charge is 0.308 e. The Morgan fingerprint density at radius 2 is 1.91 bits per heavy atom. The molecule has 6 aromatic rings. The van der Waals surface area contributed by atoms with Gasteiger partial charge in [-0.2, -0.15) is 9.97 Å². The van der Waals surface area contributed by atoms with E-state index >= 15 is 0 Å². The second-order valence-corrected chi connectivity index (χ2v) is 13.4. The van der Waals surface area contributed by atoms with Gasteiger partial charge in [-0.1, -0.05) is 29.5 Å². The van der Waals surface area contributed by atoms with Crippen LogP contribution in [0.25, 0.3) is 11.0 Å². The minimum absolute atomic E-state index is 0.0232. The van der Waals surface area contributed by atoms with Gasteiger partial charge < -0.3 is 24.8 Å². The molecule has 12 nitrogen and oxygen atoms in total. The lowest BCUT2D eigenvalue weighted by Crippen LogP contribution is -2.37. The van der Waals surface area contributed by atoms with E-state index in [0.29, 0.717) is 32.7 Å². The highest BCUT2D eigenvalue weighted by atomic mass is 32.2. The molecular weight excluding hydrogens is 635 g/mol. The molecule has 4 aromatic heterocycles. The van der Waals surface area contributed by atoms with Crippen LogP contribution in [0.2, 0.25) is 0 Å². The van der Waals surface area contributed by atoms with E-state index in [1.54, 1.807) is 23.8 Å². The molecule has 1 saturated heterocycles. The summed E-state index contributed by atoms with van der Waals surface area (Å²) in [5.74, 6) is 1.10. The van der Waals surface area contributed by atoms with Crippen molar-refractivity contribution in [1.29, 1.82) is 0 Å². The van der Waals surface area contributed by atoms with Crippen LogP contribution in [0.3, 0.4) is 0 Å². The summed E-state index contributed by atoms with van der Waals surface area (Å²) in [6, 6.07) is 19.0. The largest absolute Gasteiger partial charge is 0.603 e.